The highest BCUT2D eigenvalue weighted by Gasteiger charge is 2.72. The third kappa shape index (κ3) is 12.7. The van der Waals surface area contributed by atoms with E-state index in [4.69, 9.17) is 44.1 Å². The molecule has 3 aromatic carbocycles. The summed E-state index contributed by atoms with van der Waals surface area (Å²) in [7, 11) is 1.71. The number of aliphatic hydroxyl groups is 2. The van der Waals surface area contributed by atoms with E-state index < -0.39 is 94.6 Å². The smallest absolute Gasteiger partial charge is 0.348 e. The molecule has 0 aromatic heterocycles. The normalized spacial score (nSPS) is 27.4. The Morgan fingerprint density at radius 2 is 1.43 bits per heavy atom. The molecule has 1 aliphatic heterocycles. The minimum absolute atomic E-state index is 0.00374. The van der Waals surface area contributed by atoms with Crippen molar-refractivity contribution in [2.24, 2.45) is 28.4 Å². The maximum Gasteiger partial charge on any atom is 0.348 e. The van der Waals surface area contributed by atoms with E-state index >= 15 is 4.79 Å². The number of ether oxygens (including phenoxy) is 6. The zero-order chi connectivity index (χ0) is 51.3. The molecule has 3 aromatic rings. The number of carbonyl (C=O) groups is 7. The van der Waals surface area contributed by atoms with Gasteiger partial charge in [0.05, 0.1) is 29.8 Å². The first-order valence-corrected chi connectivity index (χ1v) is 22.7. The standard InChI is InChI=1S/C39H44O12.C7H7NO.C4H10O.C2H4O2/c1-21-28(50-36(45)27(48-20-40)16-23-12-8-6-9-13-23)18-39(46)34(51-35(44)24-14-10-7-11-15-24)31-25-19-47-26(25)17-29(42)38(31,5)33(43)32(49-22(2)41)30(21)37(39,3)4;8-7(9)6-4-2-1-3-5-6;1-3-4-5-2;1-2(3)4/h6-15,20,25-29,31-32,34,42,46H,16-19H2,1-5H3;1-5H,(H2,8,9);3-4H2,1-2H3;1H3,(H,3,4)/t25?,26?,27?,28-,29?,31?,32?,34-,38?,39?;;;/m0.../s1. The number of primary amides is 1. The number of Topliss-reactive ketones (excluding diaryl/α,β-unsaturated/α-hetero) is 1. The van der Waals surface area contributed by atoms with E-state index in [0.717, 1.165) is 26.9 Å². The number of benzene rings is 3. The Kier molecular flexibility index (Phi) is 19.5. The highest BCUT2D eigenvalue weighted by atomic mass is 16.6. The molecule has 1 heterocycles. The number of ketones is 1. The zero-order valence-electron chi connectivity index (χ0n) is 40.3. The molecule has 2 bridgehead atoms. The number of carbonyl (C=O) groups excluding carboxylic acids is 6. The van der Waals surface area contributed by atoms with Crippen molar-refractivity contribution in [1.82, 2.24) is 0 Å². The van der Waals surface area contributed by atoms with Gasteiger partial charge >= 0.3 is 17.9 Å². The van der Waals surface area contributed by atoms with Crippen molar-refractivity contribution in [3.8, 4) is 0 Å². The van der Waals surface area contributed by atoms with Crippen LogP contribution in [0.5, 0.6) is 0 Å². The van der Waals surface area contributed by atoms with Gasteiger partial charge in [-0.1, -0.05) is 87.5 Å². The van der Waals surface area contributed by atoms with Crippen molar-refractivity contribution >= 4 is 42.0 Å². The molecule has 2 saturated carbocycles. The molecule has 0 spiro atoms. The topological polar surface area (TPSA) is 262 Å². The van der Waals surface area contributed by atoms with Crippen LogP contribution < -0.4 is 5.73 Å². The van der Waals surface area contributed by atoms with Crippen LogP contribution in [0.4, 0.5) is 0 Å². The second-order valence-electron chi connectivity index (χ2n) is 18.1. The number of fused-ring (bicyclic) bond motifs is 5. The lowest BCUT2D eigenvalue weighted by atomic mass is 9.46. The Balaban J connectivity index is 0.000000485. The van der Waals surface area contributed by atoms with Gasteiger partial charge in [-0.15, -0.1) is 0 Å². The van der Waals surface area contributed by atoms with E-state index in [2.05, 4.69) is 6.92 Å². The lowest BCUT2D eigenvalue weighted by Gasteiger charge is -2.64. The van der Waals surface area contributed by atoms with E-state index in [-0.39, 0.29) is 49.4 Å². The van der Waals surface area contributed by atoms with Crippen LogP contribution in [-0.2, 0) is 58.8 Å². The molecule has 5 N–H and O–H groups in total. The number of hydrogen-bond acceptors (Lipinski definition) is 15. The number of amides is 1. The monoisotopic (exact) mass is 959 g/mol. The van der Waals surface area contributed by atoms with Crippen LogP contribution in [-0.4, -0.2) is 120 Å². The Bertz CT molecular complexity index is 2280. The predicted octanol–water partition coefficient (Wildman–Crippen LogP) is 5.22. The van der Waals surface area contributed by atoms with Crippen molar-refractivity contribution in [3.05, 3.63) is 119 Å². The minimum atomic E-state index is -2.08. The van der Waals surface area contributed by atoms with Gasteiger partial charge in [0.2, 0.25) is 12.0 Å². The third-order valence-corrected chi connectivity index (χ3v) is 13.3. The fraction of sp³-hybridized carbons (Fsp3) is 0.481. The van der Waals surface area contributed by atoms with Crippen molar-refractivity contribution in [2.45, 2.75) is 116 Å². The van der Waals surface area contributed by atoms with Crippen LogP contribution in [0.25, 0.3) is 0 Å². The minimum Gasteiger partial charge on any atom is -0.481 e. The predicted molar refractivity (Wildman–Crippen MR) is 249 cm³/mol. The van der Waals surface area contributed by atoms with E-state index in [0.29, 0.717) is 16.7 Å². The molecule has 17 heteroatoms. The van der Waals surface area contributed by atoms with Gasteiger partial charge in [0.25, 0.3) is 12.4 Å². The average Bonchev–Trinajstić information content (AvgIpc) is 3.30. The van der Waals surface area contributed by atoms with Crippen LogP contribution in [0, 0.1) is 22.7 Å². The SMILES string of the molecule is CC(=O)O.CC(=O)OC1C(=O)C2(C)C(O)CC3OCC3C2[C@H](OC(=O)c2ccccc2)C2(O)C[C@H](OC(=O)C(Cc3ccccc3)OC=O)C(C)=C1C2(C)C.CCCOC.NC(=O)c1ccccc1. The van der Waals surface area contributed by atoms with Gasteiger partial charge in [-0.3, -0.25) is 24.0 Å². The van der Waals surface area contributed by atoms with Crippen molar-refractivity contribution in [1.29, 1.82) is 0 Å². The van der Waals surface area contributed by atoms with Crippen molar-refractivity contribution in [2.75, 3.05) is 20.3 Å². The van der Waals surface area contributed by atoms with E-state index in [9.17, 15) is 34.2 Å². The first kappa shape index (κ1) is 55.3. The molecule has 17 nitrogen and oxygen atoms in total. The highest BCUT2D eigenvalue weighted by Crippen LogP contribution is 2.62. The maximum atomic E-state index is 15.0. The van der Waals surface area contributed by atoms with Gasteiger partial charge in [0, 0.05) is 69.6 Å². The Morgan fingerprint density at radius 1 is 0.884 bits per heavy atom. The van der Waals surface area contributed by atoms with Crippen LogP contribution in [0.15, 0.2) is 102 Å². The van der Waals surface area contributed by atoms with E-state index in [1.807, 2.05) is 6.07 Å². The number of rotatable bonds is 12. The first-order valence-electron chi connectivity index (χ1n) is 22.7. The molecule has 3 fully saturated rings. The molecule has 1 saturated heterocycles. The summed E-state index contributed by atoms with van der Waals surface area (Å²) < 4.78 is 33.9. The molecule has 1 amide bonds. The molecular weight excluding hydrogens is 895 g/mol. The number of nitrogens with two attached hydrogens (primary N) is 1. The van der Waals surface area contributed by atoms with E-state index in [1.165, 1.54) is 0 Å². The molecule has 10 atom stereocenters. The number of aliphatic hydroxyl groups excluding tert-OH is 1. The molecule has 0 radical (unpaired) electrons. The highest BCUT2D eigenvalue weighted by molar-refractivity contribution is 5.95. The maximum absolute atomic E-state index is 15.0. The summed E-state index contributed by atoms with van der Waals surface area (Å²) in [5.74, 6) is -5.75. The quantitative estimate of drug-likeness (QED) is 0.0785. The van der Waals surface area contributed by atoms with Gasteiger partial charge in [0.1, 0.15) is 17.8 Å². The summed E-state index contributed by atoms with van der Waals surface area (Å²) in [5.41, 5.74) is 1.71. The first-order chi connectivity index (χ1) is 32.6. The second-order valence-corrected chi connectivity index (χ2v) is 18.1. The molecular formula is C52H65NO16. The van der Waals surface area contributed by atoms with E-state index in [1.54, 1.807) is 120 Å². The van der Waals surface area contributed by atoms with Crippen molar-refractivity contribution in [3.63, 3.8) is 0 Å². The van der Waals surface area contributed by atoms with Gasteiger partial charge < -0.3 is 49.5 Å². The lowest BCUT2D eigenvalue weighted by Crippen LogP contribution is -2.75. The van der Waals surface area contributed by atoms with Gasteiger partial charge in [-0.05, 0) is 61.2 Å². The lowest BCUT2D eigenvalue weighted by molar-refractivity contribution is -0.277. The van der Waals surface area contributed by atoms with Crippen LogP contribution in [0.1, 0.15) is 94.0 Å². The molecule has 69 heavy (non-hydrogen) atoms. The summed E-state index contributed by atoms with van der Waals surface area (Å²) in [5, 5.41) is 32.5. The summed E-state index contributed by atoms with van der Waals surface area (Å²) in [6, 6.07) is 25.8. The summed E-state index contributed by atoms with van der Waals surface area (Å²) in [6.45, 7) is 12.1. The largest absolute Gasteiger partial charge is 0.481 e. The Labute approximate surface area is 402 Å². The van der Waals surface area contributed by atoms with Crippen LogP contribution in [0.3, 0.4) is 0 Å². The van der Waals surface area contributed by atoms with Crippen LogP contribution in [0.2, 0.25) is 0 Å². The fourth-order valence-corrected chi connectivity index (χ4v) is 9.67. The van der Waals surface area contributed by atoms with Gasteiger partial charge in [-0.25, -0.2) is 9.59 Å². The number of carboxylic acids is 1. The number of hydrogen-bond donors (Lipinski definition) is 4. The summed E-state index contributed by atoms with van der Waals surface area (Å²) in [4.78, 5) is 86.4. The average molecular weight is 960 g/mol. The molecule has 4 aliphatic rings. The Morgan fingerprint density at radius 3 is 1.88 bits per heavy atom. The molecule has 7 rings (SSSR count). The fourth-order valence-electron chi connectivity index (χ4n) is 9.67. The zero-order valence-corrected chi connectivity index (χ0v) is 40.3. The summed E-state index contributed by atoms with van der Waals surface area (Å²) >= 11 is 0. The number of methoxy groups -OCH3 is 1. The van der Waals surface area contributed by atoms with Gasteiger partial charge in [-0.2, -0.15) is 0 Å². The number of aliphatic carboxylic acids is 1. The van der Waals surface area contributed by atoms with Gasteiger partial charge in [0.15, 0.2) is 11.9 Å². The molecule has 374 valence electrons. The van der Waals surface area contributed by atoms with Crippen molar-refractivity contribution < 1.29 is 77.3 Å². The van der Waals surface area contributed by atoms with Crippen LogP contribution >= 0.6 is 0 Å². The summed E-state index contributed by atoms with van der Waals surface area (Å²) in [6.07, 6.45) is -6.52. The molecule has 8 unspecified atom stereocenters. The third-order valence-electron chi connectivity index (χ3n) is 13.3. The molecule has 3 aliphatic carbocycles. The second kappa shape index (κ2) is 24.3. The number of carboxylic acid groups (broad SMARTS) is 1. The number of esters is 3. The Hall–Kier alpha value is -6.27.